The van der Waals surface area contributed by atoms with E-state index < -0.39 is 37.2 Å². The number of hydrogen-bond acceptors (Lipinski definition) is 8. The van der Waals surface area contributed by atoms with E-state index in [1.165, 1.54) is 10.9 Å². The molecule has 4 atom stereocenters. The van der Waals surface area contributed by atoms with Crippen molar-refractivity contribution in [3.63, 3.8) is 0 Å². The predicted molar refractivity (Wildman–Crippen MR) is 67.8 cm³/mol. The molecule has 4 N–H and O–H groups in total. The van der Waals surface area contributed by atoms with Gasteiger partial charge in [-0.25, -0.2) is 4.98 Å². The van der Waals surface area contributed by atoms with E-state index >= 15 is 0 Å². The van der Waals surface area contributed by atoms with Gasteiger partial charge in [0.2, 0.25) is 0 Å². The third kappa shape index (κ3) is 2.12. The maximum atomic E-state index is 13.4. The summed E-state index contributed by atoms with van der Waals surface area (Å²) < 4.78 is 20.1. The number of nitrogens with zero attached hydrogens (tertiary/aromatic N) is 4. The zero-order valence-corrected chi connectivity index (χ0v) is 11.0. The first-order valence-corrected chi connectivity index (χ1v) is 6.27. The van der Waals surface area contributed by atoms with Crippen molar-refractivity contribution >= 4 is 17.0 Å². The number of aliphatic hydroxyl groups excluding tert-OH is 3. The van der Waals surface area contributed by atoms with Crippen molar-refractivity contribution in [1.82, 2.24) is 19.5 Å². The Morgan fingerprint density at radius 2 is 2.14 bits per heavy atom. The van der Waals surface area contributed by atoms with Gasteiger partial charge in [0.15, 0.2) is 23.2 Å². The summed E-state index contributed by atoms with van der Waals surface area (Å²) in [4.78, 5) is 11.3. The lowest BCUT2D eigenvalue weighted by Crippen LogP contribution is -2.33. The highest BCUT2D eigenvalue weighted by Crippen LogP contribution is 2.32. The zero-order valence-electron chi connectivity index (χ0n) is 11.0. The first kappa shape index (κ1) is 14.1. The van der Waals surface area contributed by atoms with Crippen molar-refractivity contribution in [3.05, 3.63) is 12.4 Å². The van der Waals surface area contributed by atoms with Gasteiger partial charge in [0.1, 0.15) is 18.3 Å². The first-order chi connectivity index (χ1) is 10.1. The molecule has 3 rings (SSSR count). The maximum Gasteiger partial charge on any atom is 0.312 e. The second kappa shape index (κ2) is 5.15. The van der Waals surface area contributed by atoms with E-state index in [1.54, 1.807) is 7.05 Å². The summed E-state index contributed by atoms with van der Waals surface area (Å²) in [6, 6.07) is 0. The van der Waals surface area contributed by atoms with Crippen LogP contribution in [-0.2, 0) is 4.74 Å². The molecule has 0 amide bonds. The van der Waals surface area contributed by atoms with Gasteiger partial charge in [0.25, 0.3) is 0 Å². The van der Waals surface area contributed by atoms with Crippen molar-refractivity contribution in [2.45, 2.75) is 24.5 Å². The van der Waals surface area contributed by atoms with E-state index in [1.807, 2.05) is 0 Å². The Morgan fingerprint density at radius 3 is 2.76 bits per heavy atom. The summed E-state index contributed by atoms with van der Waals surface area (Å²) in [5.74, 6) is 0.197. The molecule has 1 aliphatic rings. The number of aromatic nitrogens is 4. The Bertz CT molecular complexity index is 665. The fourth-order valence-corrected chi connectivity index (χ4v) is 2.36. The van der Waals surface area contributed by atoms with Crippen molar-refractivity contribution in [2.24, 2.45) is 0 Å². The van der Waals surface area contributed by atoms with Crippen LogP contribution in [0.4, 0.5) is 10.2 Å². The molecule has 0 saturated carbocycles. The summed E-state index contributed by atoms with van der Waals surface area (Å²) in [5.41, 5.74) is 0.415. The van der Waals surface area contributed by atoms with Gasteiger partial charge in [-0.2, -0.15) is 14.4 Å². The van der Waals surface area contributed by atoms with Gasteiger partial charge in [-0.15, -0.1) is 0 Å². The van der Waals surface area contributed by atoms with Crippen LogP contribution >= 0.6 is 0 Å². The Kier molecular flexibility index (Phi) is 3.45. The van der Waals surface area contributed by atoms with E-state index in [9.17, 15) is 14.6 Å². The molecule has 1 fully saturated rings. The number of anilines is 1. The molecule has 3 heterocycles. The van der Waals surface area contributed by atoms with Crippen LogP contribution in [0.5, 0.6) is 0 Å². The number of imidazole rings is 1. The van der Waals surface area contributed by atoms with Gasteiger partial charge in [-0.05, 0) is 0 Å². The van der Waals surface area contributed by atoms with Gasteiger partial charge in [0, 0.05) is 7.05 Å². The summed E-state index contributed by atoms with van der Waals surface area (Å²) >= 11 is 0. The largest absolute Gasteiger partial charge is 0.394 e. The summed E-state index contributed by atoms with van der Waals surface area (Å²) in [5, 5.41) is 31.6. The van der Waals surface area contributed by atoms with Gasteiger partial charge in [-0.3, -0.25) is 4.57 Å². The van der Waals surface area contributed by atoms with Crippen LogP contribution in [-0.4, -0.2) is 66.8 Å². The van der Waals surface area contributed by atoms with E-state index in [-0.39, 0.29) is 11.5 Å². The quantitative estimate of drug-likeness (QED) is 0.511. The Balaban J connectivity index is 2.07. The number of hydrogen-bond donors (Lipinski definition) is 4. The highest BCUT2D eigenvalue weighted by atomic mass is 19.1. The third-order valence-corrected chi connectivity index (χ3v) is 3.42. The summed E-state index contributed by atoms with van der Waals surface area (Å²) in [7, 11) is 1.56. The summed E-state index contributed by atoms with van der Waals surface area (Å²) in [6.07, 6.45) is -4.16. The number of ether oxygens (including phenoxy) is 1. The van der Waals surface area contributed by atoms with Crippen LogP contribution in [0, 0.1) is 6.08 Å². The molecule has 0 aliphatic carbocycles. The zero-order chi connectivity index (χ0) is 15.1. The first-order valence-electron chi connectivity index (χ1n) is 6.27. The molecule has 0 spiro atoms. The molecule has 0 radical (unpaired) electrons. The molecule has 2 aromatic heterocycles. The minimum absolute atomic E-state index is 0.113. The lowest BCUT2D eigenvalue weighted by Gasteiger charge is -2.16. The average Bonchev–Trinajstić information content (AvgIpc) is 3.01. The minimum Gasteiger partial charge on any atom is -0.394 e. The molecule has 114 valence electrons. The van der Waals surface area contributed by atoms with Crippen LogP contribution < -0.4 is 5.32 Å². The average molecular weight is 299 g/mol. The monoisotopic (exact) mass is 299 g/mol. The van der Waals surface area contributed by atoms with Crippen LogP contribution in [0.3, 0.4) is 0 Å². The predicted octanol–water partition coefficient (Wildman–Crippen LogP) is -1.38. The maximum absolute atomic E-state index is 13.4. The van der Waals surface area contributed by atoms with Gasteiger partial charge >= 0.3 is 6.08 Å². The lowest BCUT2D eigenvalue weighted by atomic mass is 10.1. The number of nitrogens with one attached hydrogen (secondary N) is 1. The van der Waals surface area contributed by atoms with Crippen LogP contribution in [0.25, 0.3) is 11.2 Å². The molecule has 0 aromatic carbocycles. The molecular weight excluding hydrogens is 285 g/mol. The van der Waals surface area contributed by atoms with E-state index in [4.69, 9.17) is 9.84 Å². The normalized spacial score (nSPS) is 29.2. The Morgan fingerprint density at radius 1 is 1.38 bits per heavy atom. The lowest BCUT2D eigenvalue weighted by molar-refractivity contribution is -0.0511. The highest BCUT2D eigenvalue weighted by Gasteiger charge is 2.44. The molecular formula is C11H14FN5O4. The van der Waals surface area contributed by atoms with Crippen LogP contribution in [0.15, 0.2) is 6.33 Å². The van der Waals surface area contributed by atoms with Crippen molar-refractivity contribution in [2.75, 3.05) is 19.0 Å². The molecule has 1 aliphatic heterocycles. The number of rotatable bonds is 3. The van der Waals surface area contributed by atoms with E-state index in [0.717, 1.165) is 0 Å². The highest BCUT2D eigenvalue weighted by molar-refractivity contribution is 5.82. The Labute approximate surface area is 118 Å². The van der Waals surface area contributed by atoms with Gasteiger partial charge < -0.3 is 25.4 Å². The SMILES string of the molecule is CNc1nc(F)nc2c1ncn2C1O[C@H](CO)[C@@H](O)[C@@H]1O. The summed E-state index contributed by atoms with van der Waals surface area (Å²) in [6.45, 7) is -0.452. The van der Waals surface area contributed by atoms with Gasteiger partial charge in [0.05, 0.1) is 12.9 Å². The fraction of sp³-hybridized carbons (Fsp3) is 0.545. The standard InChI is InChI=1S/C11H14FN5O4/c1-13-8-5-9(16-11(12)15-8)17(3-14-5)10-7(20)6(19)4(2-18)21-10/h3-4,6-7,10,18-20H,2H2,1H3,(H,13,15,16)/t4-,6-,7+,10?/m1/s1. The smallest absolute Gasteiger partial charge is 0.312 e. The molecule has 10 heteroatoms. The van der Waals surface area contributed by atoms with E-state index in [0.29, 0.717) is 5.52 Å². The van der Waals surface area contributed by atoms with Crippen molar-refractivity contribution in [1.29, 1.82) is 0 Å². The topological polar surface area (TPSA) is 126 Å². The molecule has 21 heavy (non-hydrogen) atoms. The van der Waals surface area contributed by atoms with Crippen LogP contribution in [0.2, 0.25) is 0 Å². The number of fused-ring (bicyclic) bond motifs is 1. The van der Waals surface area contributed by atoms with Crippen molar-refractivity contribution in [3.8, 4) is 0 Å². The number of halogens is 1. The number of aliphatic hydroxyl groups is 3. The Hall–Kier alpha value is -1.88. The van der Waals surface area contributed by atoms with Gasteiger partial charge in [-0.1, -0.05) is 0 Å². The van der Waals surface area contributed by atoms with Crippen LogP contribution in [0.1, 0.15) is 6.23 Å². The second-order valence-electron chi connectivity index (χ2n) is 4.64. The molecule has 1 unspecified atom stereocenters. The minimum atomic E-state index is -1.30. The third-order valence-electron chi connectivity index (χ3n) is 3.42. The molecule has 2 aromatic rings. The molecule has 9 nitrogen and oxygen atoms in total. The molecule has 0 bridgehead atoms. The second-order valence-corrected chi connectivity index (χ2v) is 4.64. The fourth-order valence-electron chi connectivity index (χ4n) is 2.36. The van der Waals surface area contributed by atoms with E-state index in [2.05, 4.69) is 20.3 Å². The van der Waals surface area contributed by atoms with Crippen molar-refractivity contribution < 1.29 is 24.4 Å². The molecule has 1 saturated heterocycles.